The molecule has 3 aliphatic rings. The van der Waals surface area contributed by atoms with Crippen molar-refractivity contribution in [3.05, 3.63) is 35.5 Å². The molecule has 0 amide bonds. The standard InChI is InChI=1S/C28H46O2/c1-19(9-7-15-27(3,4)5)23-13-14-24-22(10-8-16-28(23,24)6)12-11-21-17-25(29)20(2)26(30)18-21/h11-12,19,23-26,29-30H,2,7-10,13-18H2,1,3-6H3/b22-12+/t19-,23?,24?,25+,26+,28?/m0/s1. The van der Waals surface area contributed by atoms with E-state index in [9.17, 15) is 10.2 Å². The van der Waals surface area contributed by atoms with Gasteiger partial charge in [0.1, 0.15) is 0 Å². The SMILES string of the molecule is C=C1[C@H](O)CC(=C/C=C2\CCCC3(C)C2CCC3[C@@H](C)CCCC(C)(C)C)C[C@H]1O. The number of aliphatic hydroxyl groups excluding tert-OH is 2. The molecule has 0 spiro atoms. The van der Waals surface area contributed by atoms with Crippen LogP contribution in [0.15, 0.2) is 35.5 Å². The van der Waals surface area contributed by atoms with Crippen LogP contribution in [0.4, 0.5) is 0 Å². The third kappa shape index (κ3) is 5.30. The summed E-state index contributed by atoms with van der Waals surface area (Å²) in [5.41, 5.74) is 4.25. The molecule has 6 atom stereocenters. The first-order chi connectivity index (χ1) is 14.0. The van der Waals surface area contributed by atoms with Crippen molar-refractivity contribution in [1.29, 1.82) is 0 Å². The van der Waals surface area contributed by atoms with Crippen LogP contribution in [0.2, 0.25) is 0 Å². The van der Waals surface area contributed by atoms with E-state index in [0.29, 0.717) is 35.2 Å². The fourth-order valence-electron chi connectivity index (χ4n) is 6.80. The molecule has 0 bridgehead atoms. The third-order valence-electron chi connectivity index (χ3n) is 8.61. The highest BCUT2D eigenvalue weighted by Crippen LogP contribution is 2.60. The van der Waals surface area contributed by atoms with Gasteiger partial charge in [-0.2, -0.15) is 0 Å². The molecule has 3 unspecified atom stereocenters. The summed E-state index contributed by atoms with van der Waals surface area (Å²) in [7, 11) is 0. The zero-order valence-corrected chi connectivity index (χ0v) is 20.2. The molecule has 0 saturated heterocycles. The Hall–Kier alpha value is -0.860. The first-order valence-corrected chi connectivity index (χ1v) is 12.4. The normalized spacial score (nSPS) is 37.4. The molecule has 0 heterocycles. The maximum Gasteiger partial charge on any atom is 0.0809 e. The van der Waals surface area contributed by atoms with Crippen LogP contribution in [-0.2, 0) is 0 Å². The Labute approximate surface area is 185 Å². The smallest absolute Gasteiger partial charge is 0.0809 e. The second-order valence-corrected chi connectivity index (χ2v) is 12.1. The monoisotopic (exact) mass is 414 g/mol. The van der Waals surface area contributed by atoms with Gasteiger partial charge in [-0.3, -0.25) is 0 Å². The molecule has 3 saturated carbocycles. The van der Waals surface area contributed by atoms with Gasteiger partial charge in [-0.15, -0.1) is 0 Å². The average Bonchev–Trinajstić information content (AvgIpc) is 3.00. The summed E-state index contributed by atoms with van der Waals surface area (Å²) in [5.74, 6) is 2.38. The van der Waals surface area contributed by atoms with Gasteiger partial charge in [0.05, 0.1) is 12.2 Å². The molecule has 0 aliphatic heterocycles. The van der Waals surface area contributed by atoms with E-state index >= 15 is 0 Å². The van der Waals surface area contributed by atoms with E-state index in [2.05, 4.69) is 53.3 Å². The van der Waals surface area contributed by atoms with Crippen LogP contribution in [-0.4, -0.2) is 22.4 Å². The maximum absolute atomic E-state index is 10.1. The van der Waals surface area contributed by atoms with Crippen molar-refractivity contribution in [2.45, 2.75) is 111 Å². The minimum absolute atomic E-state index is 0.447. The van der Waals surface area contributed by atoms with Crippen molar-refractivity contribution in [3.63, 3.8) is 0 Å². The first-order valence-electron chi connectivity index (χ1n) is 12.4. The van der Waals surface area contributed by atoms with E-state index in [4.69, 9.17) is 0 Å². The Morgan fingerprint density at radius 3 is 2.43 bits per heavy atom. The van der Waals surface area contributed by atoms with Crippen molar-refractivity contribution in [3.8, 4) is 0 Å². The van der Waals surface area contributed by atoms with E-state index < -0.39 is 12.2 Å². The van der Waals surface area contributed by atoms with Crippen LogP contribution in [0.25, 0.3) is 0 Å². The Morgan fingerprint density at radius 1 is 1.13 bits per heavy atom. The number of aliphatic hydroxyl groups is 2. The van der Waals surface area contributed by atoms with Crippen molar-refractivity contribution < 1.29 is 10.2 Å². The molecule has 0 aromatic heterocycles. The fourth-order valence-corrected chi connectivity index (χ4v) is 6.80. The quantitative estimate of drug-likeness (QED) is 0.476. The summed E-state index contributed by atoms with van der Waals surface area (Å²) in [6.07, 6.45) is 15.3. The predicted octanol–water partition coefficient (Wildman–Crippen LogP) is 6.98. The summed E-state index contributed by atoms with van der Waals surface area (Å²) in [5, 5.41) is 20.3. The molecule has 170 valence electrons. The zero-order chi connectivity index (χ0) is 22.1. The maximum atomic E-state index is 10.1. The molecular weight excluding hydrogens is 368 g/mol. The van der Waals surface area contributed by atoms with Crippen LogP contribution < -0.4 is 0 Å². The van der Waals surface area contributed by atoms with E-state index in [1.165, 1.54) is 51.4 Å². The topological polar surface area (TPSA) is 40.5 Å². The van der Waals surface area contributed by atoms with Crippen molar-refractivity contribution in [2.24, 2.45) is 28.6 Å². The molecule has 3 rings (SSSR count). The van der Waals surface area contributed by atoms with Crippen LogP contribution in [0, 0.1) is 28.6 Å². The number of hydrogen-bond acceptors (Lipinski definition) is 2. The molecule has 3 fully saturated rings. The summed E-state index contributed by atoms with van der Waals surface area (Å²) >= 11 is 0. The molecule has 3 aliphatic carbocycles. The molecule has 2 heteroatoms. The minimum atomic E-state index is -0.597. The highest BCUT2D eigenvalue weighted by atomic mass is 16.3. The van der Waals surface area contributed by atoms with E-state index in [1.54, 1.807) is 5.57 Å². The number of allylic oxidation sites excluding steroid dienone is 3. The van der Waals surface area contributed by atoms with Crippen molar-refractivity contribution in [1.82, 2.24) is 0 Å². The molecule has 0 aromatic rings. The third-order valence-corrected chi connectivity index (χ3v) is 8.61. The van der Waals surface area contributed by atoms with Gasteiger partial charge in [-0.25, -0.2) is 0 Å². The van der Waals surface area contributed by atoms with E-state index in [-0.39, 0.29) is 0 Å². The Bertz CT molecular complexity index is 663. The van der Waals surface area contributed by atoms with E-state index in [0.717, 1.165) is 17.4 Å². The molecule has 30 heavy (non-hydrogen) atoms. The van der Waals surface area contributed by atoms with Gasteiger partial charge in [-0.1, -0.05) is 77.3 Å². The summed E-state index contributed by atoms with van der Waals surface area (Å²) in [4.78, 5) is 0. The fraction of sp³-hybridized carbons (Fsp3) is 0.786. The zero-order valence-electron chi connectivity index (χ0n) is 20.2. The largest absolute Gasteiger partial charge is 0.388 e. The second kappa shape index (κ2) is 9.33. The highest BCUT2D eigenvalue weighted by molar-refractivity contribution is 5.29. The first kappa shape index (κ1) is 23.8. The van der Waals surface area contributed by atoms with Crippen molar-refractivity contribution in [2.75, 3.05) is 0 Å². The lowest BCUT2D eigenvalue weighted by atomic mass is 9.60. The highest BCUT2D eigenvalue weighted by Gasteiger charge is 2.50. The van der Waals surface area contributed by atoms with Gasteiger partial charge in [0, 0.05) is 0 Å². The van der Waals surface area contributed by atoms with Crippen molar-refractivity contribution >= 4 is 0 Å². The predicted molar refractivity (Wildman–Crippen MR) is 127 cm³/mol. The molecule has 2 N–H and O–H groups in total. The molecular formula is C28H46O2. The lowest BCUT2D eigenvalue weighted by molar-refractivity contribution is 0.0920. The molecule has 2 nitrogen and oxygen atoms in total. The van der Waals surface area contributed by atoms with Crippen LogP contribution in [0.5, 0.6) is 0 Å². The lowest BCUT2D eigenvalue weighted by Crippen LogP contribution is -2.36. The molecule has 0 aromatic carbocycles. The van der Waals surface area contributed by atoms with Gasteiger partial charge >= 0.3 is 0 Å². The van der Waals surface area contributed by atoms with Gasteiger partial charge < -0.3 is 10.2 Å². The Morgan fingerprint density at radius 2 is 1.80 bits per heavy atom. The van der Waals surface area contributed by atoms with Crippen LogP contribution >= 0.6 is 0 Å². The second-order valence-electron chi connectivity index (χ2n) is 12.1. The van der Waals surface area contributed by atoms with E-state index in [1.807, 2.05) is 0 Å². The number of rotatable bonds is 5. The average molecular weight is 415 g/mol. The number of fused-ring (bicyclic) bond motifs is 1. The van der Waals surface area contributed by atoms with Gasteiger partial charge in [0.15, 0.2) is 0 Å². The van der Waals surface area contributed by atoms with Gasteiger partial charge in [0.25, 0.3) is 0 Å². The molecule has 0 radical (unpaired) electrons. The summed E-state index contributed by atoms with van der Waals surface area (Å²) < 4.78 is 0. The Kier molecular flexibility index (Phi) is 7.40. The summed E-state index contributed by atoms with van der Waals surface area (Å²) in [6, 6.07) is 0. The van der Waals surface area contributed by atoms with Crippen LogP contribution in [0.1, 0.15) is 98.8 Å². The Balaban J connectivity index is 1.67. The summed E-state index contributed by atoms with van der Waals surface area (Å²) in [6.45, 7) is 16.0. The van der Waals surface area contributed by atoms with Gasteiger partial charge in [-0.05, 0) is 85.5 Å². The number of hydrogen-bond donors (Lipinski definition) is 2. The van der Waals surface area contributed by atoms with Crippen LogP contribution in [0.3, 0.4) is 0 Å². The lowest BCUT2D eigenvalue weighted by Gasteiger charge is -2.44. The van der Waals surface area contributed by atoms with Gasteiger partial charge in [0.2, 0.25) is 0 Å². The minimum Gasteiger partial charge on any atom is -0.388 e.